The van der Waals surface area contributed by atoms with E-state index in [1.807, 2.05) is 73.1 Å². The number of amides is 1. The SMILES string of the molecule is COc1cc2c(OC)cccc2cc1C(=O)Nc1ccc2c(c1)ncn2[C@@H](C)c1ccccc1. The third-order valence-corrected chi connectivity index (χ3v) is 6.16. The number of aromatic nitrogens is 2. The van der Waals surface area contributed by atoms with Crippen LogP contribution >= 0.6 is 0 Å². The van der Waals surface area contributed by atoms with Gasteiger partial charge in [-0.05, 0) is 54.3 Å². The van der Waals surface area contributed by atoms with Gasteiger partial charge in [-0.15, -0.1) is 0 Å². The highest BCUT2D eigenvalue weighted by atomic mass is 16.5. The standard InChI is InChI=1S/C28H25N3O3/c1-18(19-8-5-4-6-9-19)31-17-29-24-15-21(12-13-25(24)31)30-28(32)23-14-20-10-7-11-26(33-2)22(20)16-27(23)34-3/h4-18H,1-3H3,(H,30,32)/t18-/m0/s1. The fourth-order valence-electron chi connectivity index (χ4n) is 4.31. The number of carbonyl (C=O) groups excluding carboxylic acids is 1. The maximum Gasteiger partial charge on any atom is 0.259 e. The van der Waals surface area contributed by atoms with Crippen LogP contribution in [0.25, 0.3) is 21.8 Å². The Kier molecular flexibility index (Phi) is 5.64. The van der Waals surface area contributed by atoms with E-state index in [0.717, 1.165) is 27.6 Å². The fourth-order valence-corrected chi connectivity index (χ4v) is 4.31. The van der Waals surface area contributed by atoms with E-state index in [2.05, 4.69) is 33.9 Å². The molecule has 0 unspecified atom stereocenters. The van der Waals surface area contributed by atoms with Gasteiger partial charge in [0.15, 0.2) is 0 Å². The number of methoxy groups -OCH3 is 2. The van der Waals surface area contributed by atoms with E-state index in [1.165, 1.54) is 5.56 Å². The second-order valence-corrected chi connectivity index (χ2v) is 8.13. The molecule has 6 heteroatoms. The van der Waals surface area contributed by atoms with Gasteiger partial charge in [-0.1, -0.05) is 42.5 Å². The van der Waals surface area contributed by atoms with Crippen molar-refractivity contribution in [1.82, 2.24) is 9.55 Å². The van der Waals surface area contributed by atoms with Crippen LogP contribution in [0.5, 0.6) is 11.5 Å². The van der Waals surface area contributed by atoms with Crippen LogP contribution in [-0.4, -0.2) is 29.7 Å². The van der Waals surface area contributed by atoms with Crippen LogP contribution in [0.2, 0.25) is 0 Å². The van der Waals surface area contributed by atoms with Crippen molar-refractivity contribution in [3.8, 4) is 11.5 Å². The third-order valence-electron chi connectivity index (χ3n) is 6.16. The van der Waals surface area contributed by atoms with Crippen molar-refractivity contribution >= 4 is 33.4 Å². The lowest BCUT2D eigenvalue weighted by Crippen LogP contribution is -2.13. The van der Waals surface area contributed by atoms with Crippen LogP contribution in [0.3, 0.4) is 0 Å². The van der Waals surface area contributed by atoms with Crippen molar-refractivity contribution in [3.05, 3.63) is 96.3 Å². The minimum absolute atomic E-state index is 0.144. The van der Waals surface area contributed by atoms with E-state index in [9.17, 15) is 4.79 Å². The lowest BCUT2D eigenvalue weighted by atomic mass is 10.0. The Morgan fingerprint density at radius 3 is 2.47 bits per heavy atom. The summed E-state index contributed by atoms with van der Waals surface area (Å²) < 4.78 is 13.1. The van der Waals surface area contributed by atoms with E-state index < -0.39 is 0 Å². The number of ether oxygens (including phenoxy) is 2. The molecule has 0 aliphatic rings. The molecule has 4 aromatic carbocycles. The first-order valence-corrected chi connectivity index (χ1v) is 11.1. The summed E-state index contributed by atoms with van der Waals surface area (Å²) in [6.07, 6.45) is 1.84. The number of nitrogens with zero attached hydrogens (tertiary/aromatic N) is 2. The lowest BCUT2D eigenvalue weighted by molar-refractivity contribution is 0.102. The fraction of sp³-hybridized carbons (Fsp3) is 0.143. The molecule has 0 radical (unpaired) electrons. The van der Waals surface area contributed by atoms with Gasteiger partial charge in [-0.3, -0.25) is 4.79 Å². The van der Waals surface area contributed by atoms with Gasteiger partial charge >= 0.3 is 0 Å². The molecule has 5 rings (SSSR count). The highest BCUT2D eigenvalue weighted by Crippen LogP contribution is 2.33. The van der Waals surface area contributed by atoms with Gasteiger partial charge in [-0.25, -0.2) is 4.98 Å². The van der Waals surface area contributed by atoms with Crippen LogP contribution in [0.1, 0.15) is 28.9 Å². The molecule has 0 saturated heterocycles. The Morgan fingerprint density at radius 1 is 0.912 bits per heavy atom. The smallest absolute Gasteiger partial charge is 0.259 e. The molecule has 170 valence electrons. The molecule has 1 N–H and O–H groups in total. The predicted octanol–water partition coefficient (Wildman–Crippen LogP) is 6.07. The molecule has 0 aliphatic heterocycles. The van der Waals surface area contributed by atoms with Crippen molar-refractivity contribution in [2.45, 2.75) is 13.0 Å². The minimum Gasteiger partial charge on any atom is -0.496 e. The van der Waals surface area contributed by atoms with Gasteiger partial charge in [0, 0.05) is 11.1 Å². The number of hydrogen-bond acceptors (Lipinski definition) is 4. The summed E-state index contributed by atoms with van der Waals surface area (Å²) in [5.41, 5.74) is 4.15. The number of carbonyl (C=O) groups is 1. The summed E-state index contributed by atoms with van der Waals surface area (Å²) >= 11 is 0. The topological polar surface area (TPSA) is 65.4 Å². The molecule has 1 amide bonds. The van der Waals surface area contributed by atoms with Crippen molar-refractivity contribution < 1.29 is 14.3 Å². The molecule has 34 heavy (non-hydrogen) atoms. The molecule has 0 bridgehead atoms. The highest BCUT2D eigenvalue weighted by Gasteiger charge is 2.17. The van der Waals surface area contributed by atoms with E-state index in [0.29, 0.717) is 17.0 Å². The first-order valence-electron chi connectivity index (χ1n) is 11.1. The second kappa shape index (κ2) is 8.90. The van der Waals surface area contributed by atoms with Crippen molar-refractivity contribution in [2.75, 3.05) is 19.5 Å². The molecule has 0 fully saturated rings. The zero-order valence-corrected chi connectivity index (χ0v) is 19.3. The average molecular weight is 452 g/mol. The van der Waals surface area contributed by atoms with Gasteiger partial charge in [0.05, 0.1) is 43.2 Å². The molecule has 1 heterocycles. The van der Waals surface area contributed by atoms with Crippen LogP contribution < -0.4 is 14.8 Å². The summed E-state index contributed by atoms with van der Waals surface area (Å²) in [5.74, 6) is 0.961. The minimum atomic E-state index is -0.252. The number of imidazole rings is 1. The summed E-state index contributed by atoms with van der Waals surface area (Å²) in [7, 11) is 3.18. The Balaban J connectivity index is 1.44. The monoisotopic (exact) mass is 451 g/mol. The van der Waals surface area contributed by atoms with Crippen molar-refractivity contribution in [3.63, 3.8) is 0 Å². The van der Waals surface area contributed by atoms with E-state index >= 15 is 0 Å². The lowest BCUT2D eigenvalue weighted by Gasteiger charge is -2.15. The Morgan fingerprint density at radius 2 is 1.71 bits per heavy atom. The van der Waals surface area contributed by atoms with Gasteiger partial charge in [0.1, 0.15) is 11.5 Å². The van der Waals surface area contributed by atoms with Gasteiger partial charge in [0.25, 0.3) is 5.91 Å². The first kappa shape index (κ1) is 21.5. The van der Waals surface area contributed by atoms with E-state index in [-0.39, 0.29) is 11.9 Å². The predicted molar refractivity (Wildman–Crippen MR) is 135 cm³/mol. The van der Waals surface area contributed by atoms with E-state index in [4.69, 9.17) is 9.47 Å². The molecule has 0 aliphatic carbocycles. The maximum atomic E-state index is 13.2. The first-order chi connectivity index (χ1) is 16.6. The van der Waals surface area contributed by atoms with E-state index in [1.54, 1.807) is 14.2 Å². The van der Waals surface area contributed by atoms with Crippen LogP contribution in [0.15, 0.2) is 85.2 Å². The molecule has 0 saturated carbocycles. The quantitative estimate of drug-likeness (QED) is 0.340. The number of rotatable bonds is 6. The number of benzene rings is 4. The van der Waals surface area contributed by atoms with Crippen LogP contribution in [-0.2, 0) is 0 Å². The molecule has 5 aromatic rings. The number of hydrogen-bond donors (Lipinski definition) is 1. The zero-order chi connectivity index (χ0) is 23.7. The van der Waals surface area contributed by atoms with Gasteiger partial charge < -0.3 is 19.4 Å². The summed E-state index contributed by atoms with van der Waals surface area (Å²) in [6, 6.07) is 25.6. The molecule has 1 aromatic heterocycles. The number of nitrogens with one attached hydrogen (secondary N) is 1. The van der Waals surface area contributed by atoms with Crippen LogP contribution in [0, 0.1) is 0 Å². The van der Waals surface area contributed by atoms with Crippen molar-refractivity contribution in [2.24, 2.45) is 0 Å². The third kappa shape index (κ3) is 3.83. The normalized spacial score (nSPS) is 12.0. The molecule has 0 spiro atoms. The van der Waals surface area contributed by atoms with Gasteiger partial charge in [-0.2, -0.15) is 0 Å². The summed E-state index contributed by atoms with van der Waals surface area (Å²) in [4.78, 5) is 17.8. The average Bonchev–Trinajstić information content (AvgIpc) is 3.30. The molecular weight excluding hydrogens is 426 g/mol. The summed E-state index contributed by atoms with van der Waals surface area (Å²) in [5, 5.41) is 4.77. The summed E-state index contributed by atoms with van der Waals surface area (Å²) in [6.45, 7) is 2.15. The Hall–Kier alpha value is -4.32. The second-order valence-electron chi connectivity index (χ2n) is 8.13. The number of anilines is 1. The number of fused-ring (bicyclic) bond motifs is 2. The van der Waals surface area contributed by atoms with Gasteiger partial charge in [0.2, 0.25) is 0 Å². The Bertz CT molecular complexity index is 1490. The van der Waals surface area contributed by atoms with Crippen LogP contribution in [0.4, 0.5) is 5.69 Å². The van der Waals surface area contributed by atoms with Crippen molar-refractivity contribution in [1.29, 1.82) is 0 Å². The maximum absolute atomic E-state index is 13.2. The Labute approximate surface area is 197 Å². The largest absolute Gasteiger partial charge is 0.496 e. The molecule has 6 nitrogen and oxygen atoms in total. The molecular formula is C28H25N3O3. The highest BCUT2D eigenvalue weighted by molar-refractivity contribution is 6.09. The molecule has 1 atom stereocenters. The zero-order valence-electron chi connectivity index (χ0n) is 19.3.